The minimum absolute atomic E-state index is 0.329. The van der Waals surface area contributed by atoms with Crippen LogP contribution in [-0.2, 0) is 4.74 Å². The van der Waals surface area contributed by atoms with Crippen molar-refractivity contribution in [2.24, 2.45) is 0 Å². The maximum Gasteiger partial charge on any atom is 0.123 e. The third-order valence-electron chi connectivity index (χ3n) is 3.53. The van der Waals surface area contributed by atoms with Crippen LogP contribution in [0.5, 0.6) is 5.75 Å². The molecular formula is C16H26N2O2. The van der Waals surface area contributed by atoms with E-state index in [1.165, 1.54) is 0 Å². The van der Waals surface area contributed by atoms with Gasteiger partial charge in [-0.05, 0) is 32.3 Å². The first-order chi connectivity index (χ1) is 9.72. The number of anilines is 2. The molecule has 0 bridgehead atoms. The Morgan fingerprint density at radius 2 is 2.15 bits per heavy atom. The molecule has 4 heteroatoms. The largest absolute Gasteiger partial charge is 0.493 e. The highest BCUT2D eigenvalue weighted by Crippen LogP contribution is 2.28. The van der Waals surface area contributed by atoms with Crippen LogP contribution in [0, 0.1) is 0 Å². The van der Waals surface area contributed by atoms with E-state index in [1.54, 1.807) is 0 Å². The summed E-state index contributed by atoms with van der Waals surface area (Å²) in [5, 5.41) is 0. The lowest BCUT2D eigenvalue weighted by Crippen LogP contribution is -2.39. The Hall–Kier alpha value is -1.42. The van der Waals surface area contributed by atoms with Crippen molar-refractivity contribution in [1.82, 2.24) is 0 Å². The summed E-state index contributed by atoms with van der Waals surface area (Å²) in [7, 11) is 0. The second-order valence-corrected chi connectivity index (χ2v) is 5.27. The molecule has 0 aromatic heterocycles. The van der Waals surface area contributed by atoms with Crippen molar-refractivity contribution in [3.8, 4) is 5.75 Å². The Morgan fingerprint density at radius 3 is 2.90 bits per heavy atom. The summed E-state index contributed by atoms with van der Waals surface area (Å²) in [6.45, 7) is 7.65. The highest BCUT2D eigenvalue weighted by molar-refractivity contribution is 5.60. The molecule has 1 atom stereocenters. The summed E-state index contributed by atoms with van der Waals surface area (Å²) < 4.78 is 11.5. The normalized spacial score (nSPS) is 19.1. The first kappa shape index (κ1) is 15.0. The van der Waals surface area contributed by atoms with E-state index in [1.807, 2.05) is 12.1 Å². The van der Waals surface area contributed by atoms with E-state index in [2.05, 4.69) is 24.8 Å². The van der Waals surface area contributed by atoms with Crippen LogP contribution in [0.4, 0.5) is 11.4 Å². The molecule has 1 saturated heterocycles. The Balaban J connectivity index is 2.08. The lowest BCUT2D eigenvalue weighted by Gasteiger charge is -2.34. The molecule has 1 aliphatic heterocycles. The number of piperidine rings is 1. The number of nitrogen functional groups attached to an aromatic ring is 1. The fraction of sp³-hybridized carbons (Fsp3) is 0.625. The lowest BCUT2D eigenvalue weighted by molar-refractivity contribution is 0.0526. The smallest absolute Gasteiger partial charge is 0.123 e. The van der Waals surface area contributed by atoms with Gasteiger partial charge in [0.25, 0.3) is 0 Å². The molecular weight excluding hydrogens is 252 g/mol. The Bertz CT molecular complexity index is 421. The molecule has 1 aromatic carbocycles. The zero-order valence-corrected chi connectivity index (χ0v) is 12.6. The highest BCUT2D eigenvalue weighted by atomic mass is 16.5. The summed E-state index contributed by atoms with van der Waals surface area (Å²) in [6, 6.07) is 6.00. The third kappa shape index (κ3) is 4.04. The van der Waals surface area contributed by atoms with Gasteiger partial charge in [-0.3, -0.25) is 0 Å². The van der Waals surface area contributed by atoms with Crippen LogP contribution in [0.1, 0.15) is 33.1 Å². The quantitative estimate of drug-likeness (QED) is 0.812. The number of benzene rings is 1. The number of nitrogens with two attached hydrogens (primary N) is 1. The van der Waals surface area contributed by atoms with Crippen molar-refractivity contribution in [3.05, 3.63) is 18.2 Å². The van der Waals surface area contributed by atoms with Gasteiger partial charge in [0, 0.05) is 43.2 Å². The van der Waals surface area contributed by atoms with Crippen molar-refractivity contribution < 1.29 is 9.47 Å². The van der Waals surface area contributed by atoms with Crippen LogP contribution >= 0.6 is 0 Å². The standard InChI is InChI=1S/C16H26N2O2/c1-3-8-20-16-10-13(17)9-14(11-16)18-7-5-6-15(12-18)19-4-2/h9-11,15H,3-8,12,17H2,1-2H3. The molecule has 20 heavy (non-hydrogen) atoms. The fourth-order valence-corrected chi connectivity index (χ4v) is 2.64. The molecule has 0 amide bonds. The summed E-state index contributed by atoms with van der Waals surface area (Å²) in [5.74, 6) is 0.861. The number of rotatable bonds is 6. The average Bonchev–Trinajstić information content (AvgIpc) is 2.45. The molecule has 1 unspecified atom stereocenters. The second-order valence-electron chi connectivity index (χ2n) is 5.27. The first-order valence-corrected chi connectivity index (χ1v) is 7.62. The van der Waals surface area contributed by atoms with E-state index in [9.17, 15) is 0 Å². The predicted octanol–water partition coefficient (Wildman–Crippen LogP) is 3.06. The van der Waals surface area contributed by atoms with Gasteiger partial charge in [-0.15, -0.1) is 0 Å². The Labute approximate surface area is 121 Å². The van der Waals surface area contributed by atoms with Gasteiger partial charge >= 0.3 is 0 Å². The van der Waals surface area contributed by atoms with Gasteiger partial charge in [-0.1, -0.05) is 6.92 Å². The molecule has 112 valence electrons. The van der Waals surface area contributed by atoms with Crippen LogP contribution in [0.15, 0.2) is 18.2 Å². The van der Waals surface area contributed by atoms with Crippen LogP contribution in [0.3, 0.4) is 0 Å². The number of hydrogen-bond donors (Lipinski definition) is 1. The maximum atomic E-state index is 5.99. The monoisotopic (exact) mass is 278 g/mol. The second kappa shape index (κ2) is 7.39. The molecule has 4 nitrogen and oxygen atoms in total. The van der Waals surface area contributed by atoms with E-state index in [0.29, 0.717) is 6.10 Å². The van der Waals surface area contributed by atoms with Gasteiger partial charge in [0.15, 0.2) is 0 Å². The first-order valence-electron chi connectivity index (χ1n) is 7.62. The van der Waals surface area contributed by atoms with Crippen LogP contribution in [0.25, 0.3) is 0 Å². The van der Waals surface area contributed by atoms with E-state index < -0.39 is 0 Å². The summed E-state index contributed by atoms with van der Waals surface area (Å²) in [5.41, 5.74) is 7.89. The van der Waals surface area contributed by atoms with Crippen molar-refractivity contribution in [3.63, 3.8) is 0 Å². The van der Waals surface area contributed by atoms with Crippen LogP contribution in [-0.4, -0.2) is 32.4 Å². The lowest BCUT2D eigenvalue weighted by atomic mass is 10.1. The zero-order valence-electron chi connectivity index (χ0n) is 12.6. The summed E-state index contributed by atoms with van der Waals surface area (Å²) in [6.07, 6.45) is 3.63. The maximum absolute atomic E-state index is 5.99. The molecule has 1 heterocycles. The van der Waals surface area contributed by atoms with Gasteiger partial charge < -0.3 is 20.1 Å². The summed E-state index contributed by atoms with van der Waals surface area (Å²) >= 11 is 0. The van der Waals surface area contributed by atoms with Crippen molar-refractivity contribution >= 4 is 11.4 Å². The molecule has 1 aromatic rings. The molecule has 1 fully saturated rings. The van der Waals surface area contributed by atoms with Gasteiger partial charge in [-0.2, -0.15) is 0 Å². The molecule has 0 radical (unpaired) electrons. The van der Waals surface area contributed by atoms with Gasteiger partial charge in [0.1, 0.15) is 5.75 Å². The van der Waals surface area contributed by atoms with Crippen LogP contribution < -0.4 is 15.4 Å². The molecule has 2 N–H and O–H groups in total. The average molecular weight is 278 g/mol. The molecule has 0 spiro atoms. The minimum Gasteiger partial charge on any atom is -0.493 e. The topological polar surface area (TPSA) is 47.7 Å². The minimum atomic E-state index is 0.329. The van der Waals surface area contributed by atoms with Gasteiger partial charge in [0.2, 0.25) is 0 Å². The van der Waals surface area contributed by atoms with Gasteiger partial charge in [-0.25, -0.2) is 0 Å². The fourth-order valence-electron chi connectivity index (χ4n) is 2.64. The SMILES string of the molecule is CCCOc1cc(N)cc(N2CCCC(OCC)C2)c1. The van der Waals surface area contributed by atoms with E-state index in [-0.39, 0.29) is 0 Å². The molecule has 1 aliphatic rings. The Kier molecular flexibility index (Phi) is 5.53. The highest BCUT2D eigenvalue weighted by Gasteiger charge is 2.20. The molecule has 0 saturated carbocycles. The van der Waals surface area contributed by atoms with Crippen LogP contribution in [0.2, 0.25) is 0 Å². The number of hydrogen-bond acceptors (Lipinski definition) is 4. The van der Waals surface area contributed by atoms with Crippen molar-refractivity contribution in [2.75, 3.05) is 36.9 Å². The van der Waals surface area contributed by atoms with Gasteiger partial charge in [0.05, 0.1) is 12.7 Å². The van der Waals surface area contributed by atoms with Crippen molar-refractivity contribution in [1.29, 1.82) is 0 Å². The molecule has 2 rings (SSSR count). The van der Waals surface area contributed by atoms with E-state index in [4.69, 9.17) is 15.2 Å². The Morgan fingerprint density at radius 1 is 1.30 bits per heavy atom. The van der Waals surface area contributed by atoms with E-state index in [0.717, 1.165) is 62.7 Å². The van der Waals surface area contributed by atoms with Crippen molar-refractivity contribution in [2.45, 2.75) is 39.2 Å². The van der Waals surface area contributed by atoms with E-state index >= 15 is 0 Å². The summed E-state index contributed by atoms with van der Waals surface area (Å²) in [4.78, 5) is 2.35. The molecule has 0 aliphatic carbocycles. The number of nitrogens with zero attached hydrogens (tertiary/aromatic N) is 1. The number of ether oxygens (including phenoxy) is 2. The zero-order chi connectivity index (χ0) is 14.4. The third-order valence-corrected chi connectivity index (χ3v) is 3.53. The predicted molar refractivity (Wildman–Crippen MR) is 83.5 cm³/mol.